The number of nitrogens with zero attached hydrogens (tertiary/aromatic N) is 1. The van der Waals surface area contributed by atoms with E-state index in [-0.39, 0.29) is 0 Å². The number of Topliss-reactive ketones (excluding diaryl/α,β-unsaturated/α-hetero) is 1. The van der Waals surface area contributed by atoms with Crippen LogP contribution in [0.4, 0.5) is 0 Å². The van der Waals surface area contributed by atoms with Crippen molar-refractivity contribution in [1.29, 1.82) is 0 Å². The Morgan fingerprint density at radius 2 is 2.00 bits per heavy atom. The molecule has 0 bridgehead atoms. The van der Waals surface area contributed by atoms with E-state index >= 15 is 0 Å². The Hall–Kier alpha value is -1.15. The molecule has 98 valence electrons. The van der Waals surface area contributed by atoms with Gasteiger partial charge in [-0.2, -0.15) is 0 Å². The normalized spacial score (nSPS) is 15.0. The third kappa shape index (κ3) is 4.26. The van der Waals surface area contributed by atoms with Gasteiger partial charge in [0.15, 0.2) is 5.78 Å². The van der Waals surface area contributed by atoms with Gasteiger partial charge in [-0.25, -0.2) is 0 Å². The van der Waals surface area contributed by atoms with Crippen molar-refractivity contribution >= 4 is 5.78 Å². The Morgan fingerprint density at radius 1 is 1.28 bits per heavy atom. The van der Waals surface area contributed by atoms with Crippen LogP contribution in [0.15, 0.2) is 30.3 Å². The molecular weight excluding hydrogens is 222 g/mol. The number of hydrogen-bond acceptors (Lipinski definition) is 2. The molecule has 1 aromatic carbocycles. The average molecular weight is 245 g/mol. The van der Waals surface area contributed by atoms with E-state index in [4.69, 9.17) is 0 Å². The van der Waals surface area contributed by atoms with Gasteiger partial charge >= 0.3 is 0 Å². The highest BCUT2D eigenvalue weighted by Gasteiger charge is 2.29. The summed E-state index contributed by atoms with van der Waals surface area (Å²) in [5.74, 6) is 0.351. The maximum absolute atomic E-state index is 12.1. The van der Waals surface area contributed by atoms with E-state index in [1.807, 2.05) is 30.3 Å². The summed E-state index contributed by atoms with van der Waals surface area (Å²) in [6.45, 7) is 3.93. The van der Waals surface area contributed by atoms with Gasteiger partial charge in [0, 0.05) is 12.5 Å². The highest BCUT2D eigenvalue weighted by molar-refractivity contribution is 5.82. The zero-order valence-corrected chi connectivity index (χ0v) is 11.3. The lowest BCUT2D eigenvalue weighted by Crippen LogP contribution is -2.33. The molecule has 0 aliphatic heterocycles. The largest absolute Gasteiger partial charge is 0.298 e. The summed E-state index contributed by atoms with van der Waals surface area (Å²) < 4.78 is 0. The molecule has 1 aliphatic carbocycles. The van der Waals surface area contributed by atoms with Crippen LogP contribution in [0.3, 0.4) is 0 Å². The first-order valence-electron chi connectivity index (χ1n) is 7.09. The molecule has 0 atom stereocenters. The minimum atomic E-state index is 0.351. The van der Waals surface area contributed by atoms with Crippen LogP contribution < -0.4 is 0 Å². The highest BCUT2D eigenvalue weighted by atomic mass is 16.1. The van der Waals surface area contributed by atoms with Gasteiger partial charge in [-0.15, -0.1) is 0 Å². The number of unbranched alkanes of at least 4 members (excludes halogenated alkanes) is 1. The second-order valence-corrected chi connectivity index (χ2v) is 5.26. The van der Waals surface area contributed by atoms with Crippen LogP contribution in [-0.4, -0.2) is 29.8 Å². The SMILES string of the molecule is CCCCN(CC(=O)Cc1ccccc1)C1CC1. The Balaban J connectivity index is 1.81. The van der Waals surface area contributed by atoms with E-state index in [1.165, 1.54) is 25.7 Å². The fourth-order valence-corrected chi connectivity index (χ4v) is 2.30. The van der Waals surface area contributed by atoms with E-state index in [0.717, 1.165) is 12.1 Å². The quantitative estimate of drug-likeness (QED) is 0.701. The Morgan fingerprint density at radius 3 is 2.61 bits per heavy atom. The second kappa shape index (κ2) is 6.69. The molecule has 1 aliphatic rings. The predicted octanol–water partition coefficient (Wildman–Crippen LogP) is 3.06. The lowest BCUT2D eigenvalue weighted by atomic mass is 10.1. The van der Waals surface area contributed by atoms with Gasteiger partial charge in [0.1, 0.15) is 0 Å². The molecule has 0 heterocycles. The van der Waals surface area contributed by atoms with Crippen molar-refractivity contribution in [1.82, 2.24) is 4.90 Å². The zero-order chi connectivity index (χ0) is 12.8. The molecule has 0 aromatic heterocycles. The van der Waals surface area contributed by atoms with Gasteiger partial charge in [0.05, 0.1) is 6.54 Å². The molecule has 18 heavy (non-hydrogen) atoms. The Labute approximate surface area is 110 Å². The number of carbonyl (C=O) groups is 1. The van der Waals surface area contributed by atoms with Gasteiger partial charge in [-0.1, -0.05) is 43.7 Å². The summed E-state index contributed by atoms with van der Waals surface area (Å²) in [4.78, 5) is 14.5. The highest BCUT2D eigenvalue weighted by Crippen LogP contribution is 2.26. The molecule has 2 rings (SSSR count). The maximum Gasteiger partial charge on any atom is 0.151 e. The fourth-order valence-electron chi connectivity index (χ4n) is 2.30. The van der Waals surface area contributed by atoms with Crippen molar-refractivity contribution in [3.05, 3.63) is 35.9 Å². The van der Waals surface area contributed by atoms with Crippen molar-refractivity contribution in [2.75, 3.05) is 13.1 Å². The lowest BCUT2D eigenvalue weighted by molar-refractivity contribution is -0.119. The van der Waals surface area contributed by atoms with Crippen LogP contribution in [0, 0.1) is 0 Å². The Bertz CT molecular complexity index is 370. The van der Waals surface area contributed by atoms with Crippen molar-refractivity contribution in [2.24, 2.45) is 0 Å². The van der Waals surface area contributed by atoms with Gasteiger partial charge in [0.25, 0.3) is 0 Å². The minimum absolute atomic E-state index is 0.351. The molecule has 0 unspecified atom stereocenters. The number of ketones is 1. The predicted molar refractivity (Wildman–Crippen MR) is 74.7 cm³/mol. The van der Waals surface area contributed by atoms with Crippen LogP contribution in [0.5, 0.6) is 0 Å². The number of hydrogen-bond donors (Lipinski definition) is 0. The first-order valence-corrected chi connectivity index (χ1v) is 7.09. The van der Waals surface area contributed by atoms with Crippen LogP contribution in [0.1, 0.15) is 38.2 Å². The molecule has 0 N–H and O–H groups in total. The van der Waals surface area contributed by atoms with Crippen LogP contribution in [0.25, 0.3) is 0 Å². The Kier molecular flexibility index (Phi) is 4.94. The van der Waals surface area contributed by atoms with Crippen LogP contribution in [0.2, 0.25) is 0 Å². The van der Waals surface area contributed by atoms with Crippen molar-refractivity contribution in [3.8, 4) is 0 Å². The molecule has 2 heteroatoms. The molecule has 0 radical (unpaired) electrons. The van der Waals surface area contributed by atoms with Gasteiger partial charge in [0.2, 0.25) is 0 Å². The standard InChI is InChI=1S/C16H23NO/c1-2-3-11-17(15-9-10-15)13-16(18)12-14-7-5-4-6-8-14/h4-8,15H,2-3,9-13H2,1H3. The topological polar surface area (TPSA) is 20.3 Å². The maximum atomic E-state index is 12.1. The summed E-state index contributed by atoms with van der Waals surface area (Å²) in [6.07, 6.45) is 5.55. The summed E-state index contributed by atoms with van der Waals surface area (Å²) in [7, 11) is 0. The van der Waals surface area contributed by atoms with Gasteiger partial charge in [-0.05, 0) is 31.4 Å². The molecule has 2 nitrogen and oxygen atoms in total. The third-order valence-corrected chi connectivity index (χ3v) is 3.49. The van der Waals surface area contributed by atoms with Crippen molar-refractivity contribution < 1.29 is 4.79 Å². The van der Waals surface area contributed by atoms with Crippen LogP contribution in [-0.2, 0) is 11.2 Å². The van der Waals surface area contributed by atoms with Crippen LogP contribution >= 0.6 is 0 Å². The van der Waals surface area contributed by atoms with E-state index in [1.54, 1.807) is 0 Å². The first-order chi connectivity index (χ1) is 8.79. The molecule has 1 aromatic rings. The molecular formula is C16H23NO. The summed E-state index contributed by atoms with van der Waals surface area (Å²) in [5, 5.41) is 0. The van der Waals surface area contributed by atoms with Gasteiger partial charge < -0.3 is 0 Å². The summed E-state index contributed by atoms with van der Waals surface area (Å²) >= 11 is 0. The summed E-state index contributed by atoms with van der Waals surface area (Å²) in [6, 6.07) is 10.7. The van der Waals surface area contributed by atoms with Crippen molar-refractivity contribution in [3.63, 3.8) is 0 Å². The fraction of sp³-hybridized carbons (Fsp3) is 0.562. The zero-order valence-electron chi connectivity index (χ0n) is 11.3. The molecule has 0 spiro atoms. The molecule has 0 amide bonds. The smallest absolute Gasteiger partial charge is 0.151 e. The molecule has 1 fully saturated rings. The van der Waals surface area contributed by atoms with E-state index in [9.17, 15) is 4.79 Å². The van der Waals surface area contributed by atoms with Crippen molar-refractivity contribution in [2.45, 2.75) is 45.1 Å². The molecule has 1 saturated carbocycles. The van der Waals surface area contributed by atoms with E-state index in [2.05, 4.69) is 11.8 Å². The number of benzene rings is 1. The number of carbonyl (C=O) groups excluding carboxylic acids is 1. The monoisotopic (exact) mass is 245 g/mol. The van der Waals surface area contributed by atoms with E-state index in [0.29, 0.717) is 24.8 Å². The second-order valence-electron chi connectivity index (χ2n) is 5.26. The lowest BCUT2D eigenvalue weighted by Gasteiger charge is -2.20. The van der Waals surface area contributed by atoms with E-state index < -0.39 is 0 Å². The third-order valence-electron chi connectivity index (χ3n) is 3.49. The summed E-state index contributed by atoms with van der Waals surface area (Å²) in [5.41, 5.74) is 1.13. The first kappa shape index (κ1) is 13.3. The average Bonchev–Trinajstić information content (AvgIpc) is 3.20. The number of rotatable bonds is 8. The van der Waals surface area contributed by atoms with Gasteiger partial charge in [-0.3, -0.25) is 9.69 Å². The minimum Gasteiger partial charge on any atom is -0.298 e. The molecule has 0 saturated heterocycles.